The van der Waals surface area contributed by atoms with E-state index in [1.165, 1.54) is 17.8 Å². The fraction of sp³-hybridized carbons (Fsp3) is 0.185. The molecule has 0 spiro atoms. The number of piperazine rings is 1. The van der Waals surface area contributed by atoms with Crippen molar-refractivity contribution in [1.29, 1.82) is 0 Å². The van der Waals surface area contributed by atoms with Gasteiger partial charge >= 0.3 is 0 Å². The summed E-state index contributed by atoms with van der Waals surface area (Å²) in [6.45, 7) is 2.33. The number of halogens is 1. The largest absolute Gasteiger partial charge is 0.431 e. The summed E-state index contributed by atoms with van der Waals surface area (Å²) in [6, 6.07) is 26.5. The van der Waals surface area contributed by atoms with Gasteiger partial charge in [0, 0.05) is 37.3 Å². The first-order valence-corrected chi connectivity index (χ1v) is 12.2. The summed E-state index contributed by atoms with van der Waals surface area (Å²) in [4.78, 5) is 21.4. The molecule has 0 aliphatic carbocycles. The smallest absolute Gasteiger partial charge is 0.257 e. The van der Waals surface area contributed by atoms with Crippen LogP contribution in [-0.4, -0.2) is 47.7 Å². The lowest BCUT2D eigenvalue weighted by Gasteiger charge is -2.36. The molecule has 5 nitrogen and oxygen atoms in total. The summed E-state index contributed by atoms with van der Waals surface area (Å²) >= 11 is 1.30. The number of anilines is 1. The van der Waals surface area contributed by atoms with Gasteiger partial charge in [-0.15, -0.1) is 0 Å². The van der Waals surface area contributed by atoms with Gasteiger partial charge in [0.1, 0.15) is 11.5 Å². The first kappa shape index (κ1) is 22.2. The normalized spacial score (nSPS) is 13.8. The minimum atomic E-state index is -0.231. The molecule has 0 radical (unpaired) electrons. The Balaban J connectivity index is 1.25. The van der Waals surface area contributed by atoms with Crippen LogP contribution in [0.5, 0.6) is 0 Å². The van der Waals surface area contributed by atoms with Crippen LogP contribution >= 0.6 is 11.8 Å². The number of hydrogen-bond donors (Lipinski definition) is 0. The number of hydrogen-bond acceptors (Lipinski definition) is 5. The zero-order valence-electron chi connectivity index (χ0n) is 18.6. The van der Waals surface area contributed by atoms with Gasteiger partial charge in [-0.2, -0.15) is 0 Å². The summed E-state index contributed by atoms with van der Waals surface area (Å²) in [7, 11) is 0. The van der Waals surface area contributed by atoms with E-state index in [-0.39, 0.29) is 17.5 Å². The topological polar surface area (TPSA) is 49.6 Å². The fourth-order valence-corrected chi connectivity index (χ4v) is 4.79. The lowest BCUT2D eigenvalue weighted by atomic mass is 10.1. The Labute approximate surface area is 202 Å². The molecule has 0 N–H and O–H groups in total. The Morgan fingerprint density at radius 3 is 2.15 bits per heavy atom. The maximum Gasteiger partial charge on any atom is 0.257 e. The number of aromatic nitrogens is 1. The number of benzene rings is 3. The third-order valence-electron chi connectivity index (χ3n) is 5.84. The third-order valence-corrected chi connectivity index (χ3v) is 6.65. The summed E-state index contributed by atoms with van der Waals surface area (Å²) < 4.78 is 20.2. The van der Waals surface area contributed by atoms with Crippen LogP contribution in [0, 0.1) is 5.82 Å². The van der Waals surface area contributed by atoms with E-state index in [1.54, 1.807) is 12.1 Å². The summed E-state index contributed by atoms with van der Waals surface area (Å²) in [6.07, 6.45) is 0. The van der Waals surface area contributed by atoms with Gasteiger partial charge in [0.15, 0.2) is 5.76 Å². The van der Waals surface area contributed by atoms with Crippen molar-refractivity contribution in [2.45, 2.75) is 5.22 Å². The van der Waals surface area contributed by atoms with Gasteiger partial charge in [-0.1, -0.05) is 84.6 Å². The molecule has 3 aromatic carbocycles. The molecule has 0 atom stereocenters. The van der Waals surface area contributed by atoms with Gasteiger partial charge < -0.3 is 14.2 Å². The highest BCUT2D eigenvalue weighted by atomic mass is 32.2. The standard InChI is InChI=1S/C27H24FN3O2S/c28-22-13-7-8-14-23(22)30-15-17-31(18-16-30)24(32)19-34-27-29-25(20-9-3-1-4-10-20)26(33-27)21-11-5-2-6-12-21/h1-14H,15-19H2. The van der Waals surface area contributed by atoms with E-state index in [9.17, 15) is 9.18 Å². The number of amides is 1. The van der Waals surface area contributed by atoms with E-state index in [1.807, 2.05) is 76.5 Å². The molecular weight excluding hydrogens is 449 g/mol. The van der Waals surface area contributed by atoms with E-state index in [2.05, 4.69) is 0 Å². The quantitative estimate of drug-likeness (QED) is 0.342. The van der Waals surface area contributed by atoms with Gasteiger partial charge in [0.25, 0.3) is 5.22 Å². The monoisotopic (exact) mass is 473 g/mol. The second kappa shape index (κ2) is 10.1. The number of thioether (sulfide) groups is 1. The number of para-hydroxylation sites is 1. The maximum absolute atomic E-state index is 14.1. The minimum absolute atomic E-state index is 0.0268. The second-order valence-corrected chi connectivity index (χ2v) is 8.92. The van der Waals surface area contributed by atoms with Crippen LogP contribution in [-0.2, 0) is 4.79 Å². The SMILES string of the molecule is O=C(CSc1nc(-c2ccccc2)c(-c2ccccc2)o1)N1CCN(c2ccccc2F)CC1. The lowest BCUT2D eigenvalue weighted by molar-refractivity contribution is -0.128. The van der Waals surface area contributed by atoms with Gasteiger partial charge in [-0.05, 0) is 12.1 Å². The Kier molecular flexibility index (Phi) is 6.62. The Hall–Kier alpha value is -3.58. The average molecular weight is 474 g/mol. The third kappa shape index (κ3) is 4.84. The first-order chi connectivity index (χ1) is 16.7. The van der Waals surface area contributed by atoms with Crippen LogP contribution in [0.2, 0.25) is 0 Å². The van der Waals surface area contributed by atoms with Crippen molar-refractivity contribution in [3.63, 3.8) is 0 Å². The van der Waals surface area contributed by atoms with Gasteiger partial charge in [0.2, 0.25) is 5.91 Å². The van der Waals surface area contributed by atoms with Gasteiger partial charge in [0.05, 0.1) is 11.4 Å². The predicted octanol–water partition coefficient (Wildman–Crippen LogP) is 5.59. The lowest BCUT2D eigenvalue weighted by Crippen LogP contribution is -2.49. The van der Waals surface area contributed by atoms with Crippen molar-refractivity contribution in [2.75, 3.05) is 36.8 Å². The van der Waals surface area contributed by atoms with Crippen molar-refractivity contribution < 1.29 is 13.6 Å². The molecule has 1 amide bonds. The highest BCUT2D eigenvalue weighted by Gasteiger charge is 2.24. The number of nitrogens with zero attached hydrogens (tertiary/aromatic N) is 3. The summed E-state index contributed by atoms with van der Waals surface area (Å²) in [5, 5.41) is 0.469. The van der Waals surface area contributed by atoms with Crippen LogP contribution < -0.4 is 4.90 Å². The molecule has 4 aromatic rings. The zero-order chi connectivity index (χ0) is 23.3. The highest BCUT2D eigenvalue weighted by molar-refractivity contribution is 7.99. The molecule has 1 saturated heterocycles. The fourth-order valence-electron chi connectivity index (χ4n) is 4.06. The molecular formula is C27H24FN3O2S. The number of carbonyl (C=O) groups excluding carboxylic acids is 1. The highest BCUT2D eigenvalue weighted by Crippen LogP contribution is 2.35. The second-order valence-electron chi connectivity index (χ2n) is 8.00. The number of carbonyl (C=O) groups is 1. The molecule has 1 aliphatic heterocycles. The van der Waals surface area contributed by atoms with Crippen LogP contribution in [0.1, 0.15) is 0 Å². The zero-order valence-corrected chi connectivity index (χ0v) is 19.4. The van der Waals surface area contributed by atoms with E-state index < -0.39 is 0 Å². The molecule has 172 valence electrons. The van der Waals surface area contributed by atoms with Gasteiger partial charge in [-0.3, -0.25) is 4.79 Å². The number of oxazole rings is 1. The van der Waals surface area contributed by atoms with E-state index in [0.29, 0.717) is 42.8 Å². The molecule has 34 heavy (non-hydrogen) atoms. The Morgan fingerprint density at radius 1 is 0.853 bits per heavy atom. The van der Waals surface area contributed by atoms with Crippen molar-refractivity contribution >= 4 is 23.4 Å². The van der Waals surface area contributed by atoms with Crippen molar-refractivity contribution in [2.24, 2.45) is 0 Å². The summed E-state index contributed by atoms with van der Waals surface area (Å²) in [5.41, 5.74) is 3.26. The first-order valence-electron chi connectivity index (χ1n) is 11.2. The van der Waals surface area contributed by atoms with E-state index in [4.69, 9.17) is 9.40 Å². The molecule has 1 fully saturated rings. The molecule has 5 rings (SSSR count). The van der Waals surface area contributed by atoms with Crippen molar-refractivity contribution in [3.8, 4) is 22.6 Å². The van der Waals surface area contributed by atoms with Gasteiger partial charge in [-0.25, -0.2) is 9.37 Å². The molecule has 1 aliphatic rings. The predicted molar refractivity (Wildman–Crippen MR) is 133 cm³/mol. The summed E-state index contributed by atoms with van der Waals surface area (Å²) in [5.74, 6) is 0.729. The molecule has 0 saturated carbocycles. The molecule has 1 aromatic heterocycles. The van der Waals surface area contributed by atoms with Crippen molar-refractivity contribution in [3.05, 3.63) is 90.7 Å². The number of rotatable bonds is 6. The van der Waals surface area contributed by atoms with Crippen LogP contribution in [0.4, 0.5) is 10.1 Å². The molecule has 7 heteroatoms. The Bertz CT molecular complexity index is 1200. The average Bonchev–Trinajstić information content (AvgIpc) is 3.33. The van der Waals surface area contributed by atoms with E-state index >= 15 is 0 Å². The minimum Gasteiger partial charge on any atom is -0.431 e. The van der Waals surface area contributed by atoms with E-state index in [0.717, 1.165) is 16.8 Å². The molecule has 2 heterocycles. The Morgan fingerprint density at radius 2 is 1.47 bits per heavy atom. The maximum atomic E-state index is 14.1. The van der Waals surface area contributed by atoms with Crippen LogP contribution in [0.15, 0.2) is 94.6 Å². The van der Waals surface area contributed by atoms with Crippen LogP contribution in [0.25, 0.3) is 22.6 Å². The molecule has 0 bridgehead atoms. The van der Waals surface area contributed by atoms with Crippen LogP contribution in [0.3, 0.4) is 0 Å². The molecule has 0 unspecified atom stereocenters. The van der Waals surface area contributed by atoms with Crippen molar-refractivity contribution in [1.82, 2.24) is 9.88 Å².